The molecule has 2 aromatic carbocycles. The topological polar surface area (TPSA) is 95.7 Å². The molecule has 38 heavy (non-hydrogen) atoms. The van der Waals surface area contributed by atoms with Crippen molar-refractivity contribution in [1.82, 2.24) is 10.3 Å². The van der Waals surface area contributed by atoms with Crippen LogP contribution in [0.2, 0.25) is 5.15 Å². The molecule has 7 nitrogen and oxygen atoms in total. The highest BCUT2D eigenvalue weighted by atomic mass is 35.5. The number of ether oxygens (including phenoxy) is 1. The first kappa shape index (κ1) is 26.3. The van der Waals surface area contributed by atoms with E-state index in [4.69, 9.17) is 31.4 Å². The molecule has 196 valence electrons. The number of nitrogens with zero attached hydrogens (tertiary/aromatic N) is 1. The Morgan fingerprint density at radius 1 is 1.08 bits per heavy atom. The Kier molecular flexibility index (Phi) is 6.98. The Morgan fingerprint density at radius 2 is 1.66 bits per heavy atom. The third kappa shape index (κ3) is 5.04. The van der Waals surface area contributed by atoms with E-state index in [-0.39, 0.29) is 24.2 Å². The minimum Gasteiger partial charge on any atom is -0.449 e. The van der Waals surface area contributed by atoms with E-state index >= 15 is 0 Å². The van der Waals surface area contributed by atoms with Crippen molar-refractivity contribution in [3.63, 3.8) is 0 Å². The monoisotopic (exact) mass is 531 g/mol. The van der Waals surface area contributed by atoms with Gasteiger partial charge in [-0.2, -0.15) is 0 Å². The molecule has 0 spiro atoms. The normalized spacial score (nSPS) is 17.7. The number of nitrogens with two attached hydrogens (primary N) is 1. The summed E-state index contributed by atoms with van der Waals surface area (Å²) in [5.74, 6) is -0.0191. The van der Waals surface area contributed by atoms with Crippen LogP contribution in [0.15, 0.2) is 66.3 Å². The number of carbonyl (C=O) groups is 1. The second-order valence-electron chi connectivity index (χ2n) is 10.6. The lowest BCUT2D eigenvalue weighted by Gasteiger charge is -2.32. The quantitative estimate of drug-likeness (QED) is 0.305. The van der Waals surface area contributed by atoms with E-state index in [0.29, 0.717) is 16.7 Å². The number of halogens is 1. The summed E-state index contributed by atoms with van der Waals surface area (Å²) in [4.78, 5) is 17.0. The van der Waals surface area contributed by atoms with Crippen molar-refractivity contribution >= 4 is 36.6 Å². The maximum Gasteiger partial charge on any atom is 0.492 e. The smallest absolute Gasteiger partial charge is 0.449 e. The second-order valence-corrected chi connectivity index (χ2v) is 11.0. The van der Waals surface area contributed by atoms with Gasteiger partial charge in [-0.15, -0.1) is 0 Å². The van der Waals surface area contributed by atoms with E-state index in [1.165, 1.54) is 11.1 Å². The van der Waals surface area contributed by atoms with Gasteiger partial charge < -0.3 is 25.1 Å². The molecule has 3 aromatic rings. The summed E-state index contributed by atoms with van der Waals surface area (Å²) in [7, 11) is -0.675. The molecule has 0 bridgehead atoms. The summed E-state index contributed by atoms with van der Waals surface area (Å²) in [5, 5.41) is 3.10. The number of nitrogen functional groups attached to an aromatic ring is 1. The third-order valence-corrected chi connectivity index (χ3v) is 7.89. The molecule has 1 aromatic heterocycles. The van der Waals surface area contributed by atoms with Gasteiger partial charge in [0.25, 0.3) is 0 Å². The third-order valence-electron chi connectivity index (χ3n) is 7.58. The SMILES string of the molecule is CC1(C)OB(C(=Cc2cnc(Cl)c(N)c2)CNC(=O)OCC2c3ccccc3-c3ccccc32)OC1(C)C. The Labute approximate surface area is 228 Å². The van der Waals surface area contributed by atoms with Gasteiger partial charge in [0.05, 0.1) is 16.9 Å². The van der Waals surface area contributed by atoms with Crippen LogP contribution in [-0.4, -0.2) is 42.5 Å². The molecule has 1 aliphatic carbocycles. The maximum absolute atomic E-state index is 12.9. The van der Waals surface area contributed by atoms with Crippen molar-refractivity contribution in [2.75, 3.05) is 18.9 Å². The fraction of sp³-hybridized carbons (Fsp3) is 0.310. The summed E-state index contributed by atoms with van der Waals surface area (Å²) in [6, 6.07) is 18.2. The van der Waals surface area contributed by atoms with Gasteiger partial charge in [-0.05, 0) is 67.1 Å². The number of fused-ring (bicyclic) bond motifs is 3. The highest BCUT2D eigenvalue weighted by Gasteiger charge is 2.52. The zero-order chi connectivity index (χ0) is 27.1. The minimum absolute atomic E-state index is 0.0191. The molecule has 9 heteroatoms. The lowest BCUT2D eigenvalue weighted by molar-refractivity contribution is 0.00578. The predicted molar refractivity (Wildman–Crippen MR) is 151 cm³/mol. The lowest BCUT2D eigenvalue weighted by atomic mass is 9.77. The Balaban J connectivity index is 1.30. The number of amides is 1. The molecule has 2 heterocycles. The molecule has 1 saturated heterocycles. The van der Waals surface area contributed by atoms with Gasteiger partial charge in [-0.1, -0.05) is 66.2 Å². The number of pyridine rings is 1. The van der Waals surface area contributed by atoms with E-state index in [1.54, 1.807) is 12.3 Å². The number of rotatable bonds is 6. The van der Waals surface area contributed by atoms with E-state index in [2.05, 4.69) is 34.6 Å². The Bertz CT molecular complexity index is 1350. The van der Waals surface area contributed by atoms with Crippen LogP contribution in [-0.2, 0) is 14.0 Å². The van der Waals surface area contributed by atoms with Crippen LogP contribution >= 0.6 is 11.6 Å². The Hall–Kier alpha value is -3.33. The van der Waals surface area contributed by atoms with Crippen molar-refractivity contribution < 1.29 is 18.8 Å². The number of carbonyl (C=O) groups excluding carboxylic acids is 1. The van der Waals surface area contributed by atoms with Gasteiger partial charge in [0, 0.05) is 18.7 Å². The van der Waals surface area contributed by atoms with Gasteiger partial charge in [0.1, 0.15) is 6.61 Å². The van der Waals surface area contributed by atoms with Crippen molar-refractivity contribution in [3.05, 3.63) is 88.1 Å². The molecule has 1 fully saturated rings. The number of hydrogen-bond acceptors (Lipinski definition) is 6. The first-order valence-corrected chi connectivity index (χ1v) is 13.0. The molecule has 3 N–H and O–H groups in total. The average molecular weight is 532 g/mol. The largest absolute Gasteiger partial charge is 0.492 e. The fourth-order valence-corrected chi connectivity index (χ4v) is 4.90. The molecular weight excluding hydrogens is 501 g/mol. The van der Waals surface area contributed by atoms with Gasteiger partial charge in [0.15, 0.2) is 5.15 Å². The molecular formula is C29H31BClN3O4. The first-order valence-electron chi connectivity index (χ1n) is 12.6. The molecule has 0 radical (unpaired) electrons. The van der Waals surface area contributed by atoms with Gasteiger partial charge in [0.2, 0.25) is 0 Å². The highest BCUT2D eigenvalue weighted by molar-refractivity contribution is 6.56. The van der Waals surface area contributed by atoms with Crippen LogP contribution in [0.4, 0.5) is 10.5 Å². The van der Waals surface area contributed by atoms with Crippen LogP contribution in [0.1, 0.15) is 50.3 Å². The molecule has 0 atom stereocenters. The molecule has 1 aliphatic heterocycles. The van der Waals surface area contributed by atoms with Crippen LogP contribution in [0.3, 0.4) is 0 Å². The number of anilines is 1. The van der Waals surface area contributed by atoms with E-state index in [0.717, 1.165) is 11.1 Å². The number of aromatic nitrogens is 1. The highest BCUT2D eigenvalue weighted by Crippen LogP contribution is 2.44. The van der Waals surface area contributed by atoms with Crippen molar-refractivity contribution in [2.45, 2.75) is 44.8 Å². The fourth-order valence-electron chi connectivity index (χ4n) is 4.80. The van der Waals surface area contributed by atoms with E-state index in [9.17, 15) is 4.79 Å². The minimum atomic E-state index is -0.675. The number of hydrogen-bond donors (Lipinski definition) is 2. The number of benzene rings is 2. The zero-order valence-corrected chi connectivity index (χ0v) is 22.7. The molecule has 5 rings (SSSR count). The summed E-state index contributed by atoms with van der Waals surface area (Å²) < 4.78 is 18.2. The Morgan fingerprint density at radius 3 is 2.24 bits per heavy atom. The summed E-state index contributed by atoms with van der Waals surface area (Å²) in [6.45, 7) is 8.29. The molecule has 1 amide bonds. The van der Waals surface area contributed by atoms with Crippen molar-refractivity contribution in [1.29, 1.82) is 0 Å². The van der Waals surface area contributed by atoms with Gasteiger partial charge in [-0.3, -0.25) is 0 Å². The molecule has 2 aliphatic rings. The van der Waals surface area contributed by atoms with Crippen LogP contribution < -0.4 is 11.1 Å². The van der Waals surface area contributed by atoms with E-state index < -0.39 is 24.4 Å². The lowest BCUT2D eigenvalue weighted by Crippen LogP contribution is -2.41. The summed E-state index contributed by atoms with van der Waals surface area (Å²) >= 11 is 5.99. The average Bonchev–Trinajstić information content (AvgIpc) is 3.31. The van der Waals surface area contributed by atoms with E-state index in [1.807, 2.05) is 58.0 Å². The van der Waals surface area contributed by atoms with Crippen LogP contribution in [0.25, 0.3) is 17.2 Å². The van der Waals surface area contributed by atoms with Crippen LogP contribution in [0, 0.1) is 0 Å². The predicted octanol–water partition coefficient (Wildman–Crippen LogP) is 5.87. The number of nitrogens with one attached hydrogen (secondary N) is 1. The van der Waals surface area contributed by atoms with Crippen molar-refractivity contribution in [2.24, 2.45) is 0 Å². The molecule has 0 unspecified atom stereocenters. The zero-order valence-electron chi connectivity index (χ0n) is 22.0. The van der Waals surface area contributed by atoms with Gasteiger partial charge >= 0.3 is 13.2 Å². The second kappa shape index (κ2) is 10.1. The van der Waals surface area contributed by atoms with Gasteiger partial charge in [-0.25, -0.2) is 9.78 Å². The summed E-state index contributed by atoms with van der Waals surface area (Å²) in [5.41, 5.74) is 11.3. The molecule has 0 saturated carbocycles. The van der Waals surface area contributed by atoms with Crippen molar-refractivity contribution in [3.8, 4) is 11.1 Å². The first-order chi connectivity index (χ1) is 18.1. The maximum atomic E-state index is 12.9. The van der Waals surface area contributed by atoms with Crippen LogP contribution in [0.5, 0.6) is 0 Å². The summed E-state index contributed by atoms with van der Waals surface area (Å²) in [6.07, 6.45) is 2.92. The standard InChI is InChI=1S/C29H31BClN3O4/c1-28(2)29(3,4)38-30(37-28)19(13-18-14-25(32)26(31)33-15-18)16-34-27(35)36-17-24-22-11-7-5-9-20(22)21-10-6-8-12-23(21)24/h5-15,24H,16-17,32H2,1-4H3,(H,34,35). The number of alkyl carbamates (subject to hydrolysis) is 1.